The van der Waals surface area contributed by atoms with E-state index >= 15 is 0 Å². The van der Waals surface area contributed by atoms with Gasteiger partial charge < -0.3 is 5.32 Å². The minimum Gasteiger partial charge on any atom is -0.324 e. The van der Waals surface area contributed by atoms with Crippen LogP contribution in [0.2, 0.25) is 0 Å². The van der Waals surface area contributed by atoms with Crippen molar-refractivity contribution in [2.45, 2.75) is 24.8 Å². The van der Waals surface area contributed by atoms with Crippen molar-refractivity contribution in [1.82, 2.24) is 9.55 Å². The lowest BCUT2D eigenvalue weighted by molar-refractivity contribution is -0.116. The summed E-state index contributed by atoms with van der Waals surface area (Å²) in [6.07, 6.45) is 1.82. The van der Waals surface area contributed by atoms with Crippen LogP contribution in [-0.4, -0.2) is 23.9 Å². The van der Waals surface area contributed by atoms with Crippen LogP contribution in [0, 0.1) is 0 Å². The summed E-state index contributed by atoms with van der Waals surface area (Å²) >= 11 is 2.90. The van der Waals surface area contributed by atoms with Crippen molar-refractivity contribution in [3.8, 4) is 10.4 Å². The van der Waals surface area contributed by atoms with Crippen LogP contribution in [0.15, 0.2) is 57.1 Å². The minimum atomic E-state index is -3.93. The molecule has 1 amide bonds. The highest BCUT2D eigenvalue weighted by molar-refractivity contribution is 7.89. The molecule has 0 bridgehead atoms. The number of aromatic nitrogens is 2. The van der Waals surface area contributed by atoms with Gasteiger partial charge in [0, 0.05) is 21.5 Å². The molecule has 3 N–H and O–H groups in total. The number of aryl methyl sites for hydroxylation is 1. The molecule has 3 heterocycles. The van der Waals surface area contributed by atoms with Gasteiger partial charge in [0.2, 0.25) is 15.9 Å². The second-order valence-electron chi connectivity index (χ2n) is 6.75. The number of sulfonamides is 1. The van der Waals surface area contributed by atoms with Crippen LogP contribution in [0.1, 0.15) is 12.5 Å². The molecule has 0 saturated carbocycles. The Kier molecular flexibility index (Phi) is 5.75. The third-order valence-corrected chi connectivity index (χ3v) is 7.48. The summed E-state index contributed by atoms with van der Waals surface area (Å²) in [5, 5.41) is 12.2. The van der Waals surface area contributed by atoms with Crippen LogP contribution >= 0.6 is 22.7 Å². The lowest BCUT2D eigenvalue weighted by Gasteiger charge is -2.11. The highest BCUT2D eigenvalue weighted by Gasteiger charge is 2.17. The van der Waals surface area contributed by atoms with Gasteiger partial charge in [-0.25, -0.2) is 18.5 Å². The first kappa shape index (κ1) is 21.4. The number of nitrogens with zero attached hydrogens (tertiary/aromatic N) is 2. The van der Waals surface area contributed by atoms with E-state index in [1.807, 2.05) is 29.8 Å². The van der Waals surface area contributed by atoms with Crippen LogP contribution in [0.4, 0.5) is 5.69 Å². The van der Waals surface area contributed by atoms with Crippen molar-refractivity contribution < 1.29 is 13.2 Å². The second-order valence-corrected chi connectivity index (χ2v) is 10.1. The van der Waals surface area contributed by atoms with Gasteiger partial charge in [0.1, 0.15) is 11.4 Å². The molecule has 31 heavy (non-hydrogen) atoms. The normalized spacial score (nSPS) is 11.7. The van der Waals surface area contributed by atoms with Gasteiger partial charge in [-0.3, -0.25) is 14.2 Å². The Balaban J connectivity index is 1.62. The number of primary sulfonamides is 1. The molecule has 11 heteroatoms. The lowest BCUT2D eigenvalue weighted by atomic mass is 10.1. The summed E-state index contributed by atoms with van der Waals surface area (Å²) in [7, 11) is -3.93. The fourth-order valence-corrected chi connectivity index (χ4v) is 5.83. The van der Waals surface area contributed by atoms with Crippen molar-refractivity contribution in [3.63, 3.8) is 0 Å². The second kappa shape index (κ2) is 8.35. The van der Waals surface area contributed by atoms with E-state index in [4.69, 9.17) is 5.14 Å². The SMILES string of the molecule is CCc1ccc(NC(=O)Cn2cnc3scc(-c4cccs4)c3c2=O)cc1S(N)(=O)=O. The summed E-state index contributed by atoms with van der Waals surface area (Å²) in [5.74, 6) is -0.485. The molecule has 0 aliphatic heterocycles. The zero-order valence-electron chi connectivity index (χ0n) is 16.4. The third-order valence-electron chi connectivity index (χ3n) is 4.70. The molecule has 0 radical (unpaired) electrons. The molecule has 0 aliphatic carbocycles. The lowest BCUT2D eigenvalue weighted by Crippen LogP contribution is -2.28. The van der Waals surface area contributed by atoms with Crippen LogP contribution in [0.5, 0.6) is 0 Å². The fraction of sp³-hybridized carbons (Fsp3) is 0.150. The summed E-state index contributed by atoms with van der Waals surface area (Å²) in [4.78, 5) is 31.4. The monoisotopic (exact) mass is 474 g/mol. The summed E-state index contributed by atoms with van der Waals surface area (Å²) in [5.41, 5.74) is 1.33. The van der Waals surface area contributed by atoms with E-state index in [0.717, 1.165) is 10.4 Å². The Morgan fingerprint density at radius 2 is 2.06 bits per heavy atom. The summed E-state index contributed by atoms with van der Waals surface area (Å²) in [6, 6.07) is 8.37. The molecule has 3 aromatic heterocycles. The van der Waals surface area contributed by atoms with E-state index in [1.54, 1.807) is 12.1 Å². The first-order chi connectivity index (χ1) is 14.8. The average Bonchev–Trinajstić information content (AvgIpc) is 3.39. The number of carbonyl (C=O) groups is 1. The number of fused-ring (bicyclic) bond motifs is 1. The van der Waals surface area contributed by atoms with E-state index in [9.17, 15) is 18.0 Å². The Hall–Kier alpha value is -2.86. The Morgan fingerprint density at radius 3 is 2.74 bits per heavy atom. The van der Waals surface area contributed by atoms with Gasteiger partial charge in [-0.15, -0.1) is 22.7 Å². The molecule has 0 saturated heterocycles. The van der Waals surface area contributed by atoms with E-state index in [0.29, 0.717) is 22.2 Å². The summed E-state index contributed by atoms with van der Waals surface area (Å²) < 4.78 is 24.9. The van der Waals surface area contributed by atoms with Gasteiger partial charge in [0.05, 0.1) is 16.6 Å². The van der Waals surface area contributed by atoms with Crippen molar-refractivity contribution in [3.05, 3.63) is 63.3 Å². The van der Waals surface area contributed by atoms with Crippen LogP contribution in [0.3, 0.4) is 0 Å². The molecule has 0 unspecified atom stereocenters. The van der Waals surface area contributed by atoms with Crippen LogP contribution in [0.25, 0.3) is 20.7 Å². The standard InChI is InChI=1S/C20H18N4O4S3/c1-2-12-5-6-13(8-16(12)31(21,27)28)23-17(25)9-24-11-22-19-18(20(24)26)14(10-30-19)15-4-3-7-29-15/h3-8,10-11H,2,9H2,1H3,(H,23,25)(H2,21,27,28). The molecule has 1 aromatic carbocycles. The maximum atomic E-state index is 13.0. The topological polar surface area (TPSA) is 124 Å². The van der Waals surface area contributed by atoms with Crippen molar-refractivity contribution in [2.75, 3.05) is 5.32 Å². The molecular weight excluding hydrogens is 456 g/mol. The fourth-order valence-electron chi connectivity index (χ4n) is 3.24. The first-order valence-corrected chi connectivity index (χ1v) is 12.5. The number of rotatable bonds is 6. The van der Waals surface area contributed by atoms with E-state index in [-0.39, 0.29) is 22.7 Å². The molecule has 4 aromatic rings. The maximum Gasteiger partial charge on any atom is 0.263 e. The predicted molar refractivity (Wildman–Crippen MR) is 123 cm³/mol. The number of benzene rings is 1. The number of nitrogens with two attached hydrogens (primary N) is 1. The number of anilines is 1. The van der Waals surface area contributed by atoms with Crippen LogP contribution < -0.4 is 16.0 Å². The highest BCUT2D eigenvalue weighted by atomic mass is 32.2. The van der Waals surface area contributed by atoms with Gasteiger partial charge in [-0.2, -0.15) is 0 Å². The van der Waals surface area contributed by atoms with Gasteiger partial charge in [-0.1, -0.05) is 19.1 Å². The molecule has 0 atom stereocenters. The van der Waals surface area contributed by atoms with E-state index in [1.165, 1.54) is 39.6 Å². The first-order valence-electron chi connectivity index (χ1n) is 9.24. The van der Waals surface area contributed by atoms with E-state index < -0.39 is 15.9 Å². The zero-order chi connectivity index (χ0) is 22.2. The van der Waals surface area contributed by atoms with E-state index in [2.05, 4.69) is 10.3 Å². The smallest absolute Gasteiger partial charge is 0.263 e. The Morgan fingerprint density at radius 1 is 1.26 bits per heavy atom. The average molecular weight is 475 g/mol. The number of nitrogens with one attached hydrogen (secondary N) is 1. The summed E-state index contributed by atoms with van der Waals surface area (Å²) in [6.45, 7) is 1.55. The van der Waals surface area contributed by atoms with Gasteiger partial charge >= 0.3 is 0 Å². The van der Waals surface area contributed by atoms with Crippen molar-refractivity contribution in [2.24, 2.45) is 5.14 Å². The molecule has 0 spiro atoms. The van der Waals surface area contributed by atoms with Crippen molar-refractivity contribution >= 4 is 54.5 Å². The Labute approximate surface area is 186 Å². The van der Waals surface area contributed by atoms with Crippen molar-refractivity contribution in [1.29, 1.82) is 0 Å². The number of hydrogen-bond donors (Lipinski definition) is 2. The molecular formula is C20H18N4O4S3. The number of thiophene rings is 2. The molecule has 160 valence electrons. The molecule has 4 rings (SSSR count). The minimum absolute atomic E-state index is 0.0353. The maximum absolute atomic E-state index is 13.0. The number of carbonyl (C=O) groups excluding carboxylic acids is 1. The van der Waals surface area contributed by atoms with Gasteiger partial charge in [0.25, 0.3) is 5.56 Å². The Bertz CT molecular complexity index is 1440. The van der Waals surface area contributed by atoms with Gasteiger partial charge in [0.15, 0.2) is 0 Å². The molecule has 0 fully saturated rings. The molecule has 8 nitrogen and oxygen atoms in total. The van der Waals surface area contributed by atoms with Gasteiger partial charge in [-0.05, 0) is 35.6 Å². The number of hydrogen-bond acceptors (Lipinski definition) is 7. The zero-order valence-corrected chi connectivity index (χ0v) is 18.8. The number of amides is 1. The quantitative estimate of drug-likeness (QED) is 0.444. The highest BCUT2D eigenvalue weighted by Crippen LogP contribution is 2.33. The largest absolute Gasteiger partial charge is 0.324 e. The van der Waals surface area contributed by atoms with Crippen LogP contribution in [-0.2, 0) is 27.8 Å². The molecule has 0 aliphatic rings. The third kappa shape index (κ3) is 4.30. The predicted octanol–water partition coefficient (Wildman–Crippen LogP) is 3.04.